The van der Waals surface area contributed by atoms with Gasteiger partial charge < -0.3 is 10.4 Å². The quantitative estimate of drug-likeness (QED) is 0.577. The van der Waals surface area contributed by atoms with Crippen LogP contribution < -0.4 is 5.32 Å². The molecular formula is C11H16N2O3S. The van der Waals surface area contributed by atoms with E-state index in [1.165, 1.54) is 12.8 Å². The van der Waals surface area contributed by atoms with Crippen LogP contribution in [-0.4, -0.2) is 22.7 Å². The number of aliphatic hydroxyl groups excluding tert-OH is 1. The van der Waals surface area contributed by atoms with Crippen LogP contribution in [0.25, 0.3) is 0 Å². The fraction of sp³-hybridized carbons (Fsp3) is 0.636. The highest BCUT2D eigenvalue weighted by atomic mass is 32.1. The average molecular weight is 256 g/mol. The van der Waals surface area contributed by atoms with Crippen LogP contribution in [0.1, 0.15) is 24.8 Å². The Morgan fingerprint density at radius 1 is 1.65 bits per heavy atom. The summed E-state index contributed by atoms with van der Waals surface area (Å²) in [6, 6.07) is 1.96. The molecule has 1 heterocycles. The number of nitrogens with zero attached hydrogens (tertiary/aromatic N) is 1. The Balaban J connectivity index is 1.84. The summed E-state index contributed by atoms with van der Waals surface area (Å²) >= 11 is 1.16. The Morgan fingerprint density at radius 3 is 2.94 bits per heavy atom. The van der Waals surface area contributed by atoms with Gasteiger partial charge in [0.25, 0.3) is 0 Å². The molecule has 1 aliphatic carbocycles. The van der Waals surface area contributed by atoms with E-state index >= 15 is 0 Å². The van der Waals surface area contributed by atoms with Crippen LogP contribution in [0, 0.1) is 16.0 Å². The second kappa shape index (κ2) is 5.57. The lowest BCUT2D eigenvalue weighted by Crippen LogP contribution is -2.31. The molecular weight excluding hydrogens is 240 g/mol. The van der Waals surface area contributed by atoms with Gasteiger partial charge in [0.2, 0.25) is 0 Å². The highest BCUT2D eigenvalue weighted by Crippen LogP contribution is 2.34. The molecule has 0 radical (unpaired) electrons. The minimum absolute atomic E-state index is 0.187. The number of hydrogen-bond acceptors (Lipinski definition) is 5. The summed E-state index contributed by atoms with van der Waals surface area (Å²) in [6.45, 7) is 0.837. The molecule has 2 N–H and O–H groups in total. The first-order valence-corrected chi connectivity index (χ1v) is 6.64. The van der Waals surface area contributed by atoms with Crippen molar-refractivity contribution < 1.29 is 10.0 Å². The molecule has 1 saturated carbocycles. The van der Waals surface area contributed by atoms with Crippen LogP contribution in [0.4, 0.5) is 5.00 Å². The fourth-order valence-electron chi connectivity index (χ4n) is 1.94. The van der Waals surface area contributed by atoms with Gasteiger partial charge in [0.05, 0.1) is 4.92 Å². The van der Waals surface area contributed by atoms with E-state index in [1.807, 2.05) is 5.38 Å². The zero-order valence-corrected chi connectivity index (χ0v) is 10.3. The van der Waals surface area contributed by atoms with Crippen molar-refractivity contribution in [3.8, 4) is 0 Å². The number of nitrogens with one attached hydrogen (secondary N) is 1. The molecule has 1 aliphatic rings. The largest absolute Gasteiger partial charge is 0.396 e. The van der Waals surface area contributed by atoms with Gasteiger partial charge in [-0.2, -0.15) is 0 Å². The van der Waals surface area contributed by atoms with Gasteiger partial charge in [-0.05, 0) is 30.7 Å². The van der Waals surface area contributed by atoms with Crippen molar-refractivity contribution >= 4 is 16.3 Å². The lowest BCUT2D eigenvalue weighted by molar-refractivity contribution is -0.380. The van der Waals surface area contributed by atoms with E-state index in [0.717, 1.165) is 23.3 Å². The molecule has 94 valence electrons. The molecule has 5 nitrogen and oxygen atoms in total. The molecule has 0 bridgehead atoms. The van der Waals surface area contributed by atoms with E-state index in [-0.39, 0.29) is 16.5 Å². The number of rotatable bonds is 7. The van der Waals surface area contributed by atoms with Crippen LogP contribution in [0.3, 0.4) is 0 Å². The molecule has 2 rings (SSSR count). The van der Waals surface area contributed by atoms with Crippen molar-refractivity contribution in [1.29, 1.82) is 0 Å². The molecule has 0 aromatic carbocycles. The first-order valence-electron chi connectivity index (χ1n) is 5.76. The second-order valence-corrected chi connectivity index (χ2v) is 5.28. The summed E-state index contributed by atoms with van der Waals surface area (Å²) < 4.78 is 0. The van der Waals surface area contributed by atoms with Gasteiger partial charge in [0, 0.05) is 30.6 Å². The Labute approximate surface area is 104 Å². The first-order chi connectivity index (χ1) is 8.20. The summed E-state index contributed by atoms with van der Waals surface area (Å²) in [4.78, 5) is 10.2. The molecule has 0 aliphatic heterocycles. The minimum Gasteiger partial charge on any atom is -0.396 e. The van der Waals surface area contributed by atoms with Crippen molar-refractivity contribution in [2.45, 2.75) is 31.8 Å². The summed E-state index contributed by atoms with van der Waals surface area (Å²) in [5, 5.41) is 24.9. The average Bonchev–Trinajstić information content (AvgIpc) is 3.02. The van der Waals surface area contributed by atoms with Gasteiger partial charge in [-0.3, -0.25) is 10.1 Å². The lowest BCUT2D eigenvalue weighted by atomic mass is 10.1. The topological polar surface area (TPSA) is 75.4 Å². The Bertz CT molecular complexity index is 390. The standard InChI is InChI=1S/C11H16N2O3S/c14-4-3-10(9-1-2-9)12-6-8-5-11(13(15)16)17-7-8/h5,7,9-10,12,14H,1-4,6H2. The minimum atomic E-state index is -0.361. The summed E-state index contributed by atoms with van der Waals surface area (Å²) in [5.41, 5.74) is 0.949. The number of nitro groups is 1. The van der Waals surface area contributed by atoms with E-state index in [0.29, 0.717) is 18.5 Å². The molecule has 0 amide bonds. The highest BCUT2D eigenvalue weighted by molar-refractivity contribution is 7.13. The normalized spacial score (nSPS) is 17.0. The van der Waals surface area contributed by atoms with Crippen molar-refractivity contribution in [3.05, 3.63) is 27.1 Å². The lowest BCUT2D eigenvalue weighted by Gasteiger charge is -2.16. The van der Waals surface area contributed by atoms with Crippen LogP contribution in [0.5, 0.6) is 0 Å². The third kappa shape index (κ3) is 3.49. The van der Waals surface area contributed by atoms with Gasteiger partial charge in [0.15, 0.2) is 0 Å². The van der Waals surface area contributed by atoms with Crippen LogP contribution in [-0.2, 0) is 6.54 Å². The SMILES string of the molecule is O=[N+]([O-])c1cc(CNC(CCO)C2CC2)cs1. The zero-order chi connectivity index (χ0) is 12.3. The van der Waals surface area contributed by atoms with Crippen molar-refractivity contribution in [2.24, 2.45) is 5.92 Å². The highest BCUT2D eigenvalue weighted by Gasteiger charge is 2.30. The maximum atomic E-state index is 10.5. The monoisotopic (exact) mass is 256 g/mol. The predicted octanol–water partition coefficient (Wildman–Crippen LogP) is 1.91. The maximum absolute atomic E-state index is 10.5. The molecule has 17 heavy (non-hydrogen) atoms. The fourth-order valence-corrected chi connectivity index (χ4v) is 2.67. The molecule has 0 spiro atoms. The first kappa shape index (κ1) is 12.5. The van der Waals surface area contributed by atoms with Crippen LogP contribution in [0.15, 0.2) is 11.4 Å². The zero-order valence-electron chi connectivity index (χ0n) is 9.46. The van der Waals surface area contributed by atoms with Crippen molar-refractivity contribution in [1.82, 2.24) is 5.32 Å². The van der Waals surface area contributed by atoms with Crippen LogP contribution >= 0.6 is 11.3 Å². The predicted molar refractivity (Wildman–Crippen MR) is 66.0 cm³/mol. The maximum Gasteiger partial charge on any atom is 0.324 e. The Kier molecular flexibility index (Phi) is 4.09. The van der Waals surface area contributed by atoms with E-state index in [9.17, 15) is 10.1 Å². The van der Waals surface area contributed by atoms with Gasteiger partial charge in [0.1, 0.15) is 0 Å². The van der Waals surface area contributed by atoms with Crippen molar-refractivity contribution in [2.75, 3.05) is 6.61 Å². The summed E-state index contributed by atoms with van der Waals surface area (Å²) in [6.07, 6.45) is 3.21. The van der Waals surface area contributed by atoms with Gasteiger partial charge in [-0.15, -0.1) is 0 Å². The number of aliphatic hydroxyl groups is 1. The number of hydrogen-bond donors (Lipinski definition) is 2. The van der Waals surface area contributed by atoms with E-state index in [1.54, 1.807) is 6.07 Å². The van der Waals surface area contributed by atoms with Crippen molar-refractivity contribution in [3.63, 3.8) is 0 Å². The van der Waals surface area contributed by atoms with E-state index < -0.39 is 0 Å². The molecule has 1 atom stereocenters. The number of thiophene rings is 1. The van der Waals surface area contributed by atoms with Gasteiger partial charge in [-0.25, -0.2) is 0 Å². The Hall–Kier alpha value is -0.980. The van der Waals surface area contributed by atoms with E-state index in [4.69, 9.17) is 5.11 Å². The molecule has 1 unspecified atom stereocenters. The molecule has 1 aromatic heterocycles. The summed E-state index contributed by atoms with van der Waals surface area (Å²) in [5.74, 6) is 0.677. The molecule has 6 heteroatoms. The van der Waals surface area contributed by atoms with Gasteiger partial charge in [-0.1, -0.05) is 11.3 Å². The van der Waals surface area contributed by atoms with Crippen LogP contribution in [0.2, 0.25) is 0 Å². The third-order valence-corrected chi connectivity index (χ3v) is 3.95. The smallest absolute Gasteiger partial charge is 0.324 e. The molecule has 1 aromatic rings. The van der Waals surface area contributed by atoms with Gasteiger partial charge >= 0.3 is 5.00 Å². The second-order valence-electron chi connectivity index (χ2n) is 4.39. The molecule has 0 saturated heterocycles. The third-order valence-electron chi connectivity index (χ3n) is 3.02. The Morgan fingerprint density at radius 2 is 2.41 bits per heavy atom. The van der Waals surface area contributed by atoms with E-state index in [2.05, 4.69) is 5.32 Å². The summed E-state index contributed by atoms with van der Waals surface area (Å²) in [7, 11) is 0. The molecule has 1 fully saturated rings.